The Morgan fingerprint density at radius 2 is 1.88 bits per heavy atom. The molecule has 0 saturated carbocycles. The van der Waals surface area contributed by atoms with Gasteiger partial charge in [0.15, 0.2) is 5.96 Å². The van der Waals surface area contributed by atoms with Crippen molar-refractivity contribution in [2.75, 3.05) is 51.8 Å². The van der Waals surface area contributed by atoms with Crippen LogP contribution in [0, 0.1) is 0 Å². The summed E-state index contributed by atoms with van der Waals surface area (Å²) in [7, 11) is 1.78. The number of ether oxygens (including phenoxy) is 1. The lowest BCUT2D eigenvalue weighted by Crippen LogP contribution is -2.41. The van der Waals surface area contributed by atoms with Gasteiger partial charge in [0.05, 0.1) is 13.2 Å². The quantitative estimate of drug-likeness (QED) is 0.390. The van der Waals surface area contributed by atoms with E-state index in [9.17, 15) is 0 Å². The zero-order valence-electron chi connectivity index (χ0n) is 15.9. The Morgan fingerprint density at radius 3 is 2.62 bits per heavy atom. The highest BCUT2D eigenvalue weighted by atomic mass is 127. The fourth-order valence-corrected chi connectivity index (χ4v) is 3.77. The van der Waals surface area contributed by atoms with Crippen molar-refractivity contribution >= 4 is 35.6 Å². The maximum atomic E-state index is 5.25. The van der Waals surface area contributed by atoms with Gasteiger partial charge < -0.3 is 15.0 Å². The molecule has 0 bridgehead atoms. The number of aliphatic imine (C=N–C) groups is 1. The number of rotatable bonds is 6. The number of guanidine groups is 1. The van der Waals surface area contributed by atoms with E-state index in [1.165, 1.54) is 38.6 Å². The molecule has 2 aliphatic heterocycles. The van der Waals surface area contributed by atoms with Crippen LogP contribution in [0.25, 0.3) is 0 Å². The molecule has 1 aromatic rings. The molecule has 0 spiro atoms. The highest BCUT2D eigenvalue weighted by Crippen LogP contribution is 2.18. The molecule has 0 aromatic heterocycles. The molecule has 2 saturated heterocycles. The monoisotopic (exact) mass is 472 g/mol. The van der Waals surface area contributed by atoms with Gasteiger partial charge in [-0.2, -0.15) is 0 Å². The van der Waals surface area contributed by atoms with Gasteiger partial charge in [-0.25, -0.2) is 0 Å². The number of nitrogens with one attached hydrogen (secondary N) is 1. The van der Waals surface area contributed by atoms with Crippen molar-refractivity contribution in [3.63, 3.8) is 0 Å². The average molecular weight is 472 g/mol. The van der Waals surface area contributed by atoms with Crippen LogP contribution in [0.1, 0.15) is 32.1 Å². The molecule has 0 amide bonds. The molecule has 2 fully saturated rings. The second-order valence-electron chi connectivity index (χ2n) is 7.03. The number of anilines is 1. The third kappa shape index (κ3) is 6.39. The molecule has 1 unspecified atom stereocenters. The number of nitrogens with zero attached hydrogens (tertiary/aromatic N) is 3. The Labute approximate surface area is 175 Å². The van der Waals surface area contributed by atoms with E-state index in [0.717, 1.165) is 44.4 Å². The number of benzene rings is 1. The highest BCUT2D eigenvalue weighted by Gasteiger charge is 2.24. The Balaban J connectivity index is 0.00000243. The van der Waals surface area contributed by atoms with E-state index in [1.807, 2.05) is 0 Å². The maximum absolute atomic E-state index is 5.25. The highest BCUT2D eigenvalue weighted by molar-refractivity contribution is 14.0. The van der Waals surface area contributed by atoms with Crippen LogP contribution in [0.4, 0.5) is 5.69 Å². The molecule has 2 heterocycles. The molecule has 2 aliphatic rings. The summed E-state index contributed by atoms with van der Waals surface area (Å²) in [6, 6.07) is 11.0. The van der Waals surface area contributed by atoms with Crippen LogP contribution >= 0.6 is 24.0 Å². The van der Waals surface area contributed by atoms with Gasteiger partial charge in [-0.3, -0.25) is 9.89 Å². The van der Waals surface area contributed by atoms with Crippen molar-refractivity contribution in [1.29, 1.82) is 0 Å². The van der Waals surface area contributed by atoms with Crippen LogP contribution in [0.5, 0.6) is 0 Å². The second kappa shape index (κ2) is 11.8. The van der Waals surface area contributed by atoms with E-state index in [2.05, 4.69) is 45.4 Å². The number of piperidine rings is 1. The van der Waals surface area contributed by atoms with Crippen molar-refractivity contribution in [2.24, 2.45) is 4.99 Å². The number of para-hydroxylation sites is 1. The number of hydrogen-bond acceptors (Lipinski definition) is 3. The van der Waals surface area contributed by atoms with Crippen molar-refractivity contribution in [3.05, 3.63) is 30.3 Å². The van der Waals surface area contributed by atoms with Gasteiger partial charge >= 0.3 is 0 Å². The minimum Gasteiger partial charge on any atom is -0.383 e. The predicted molar refractivity (Wildman–Crippen MR) is 120 cm³/mol. The van der Waals surface area contributed by atoms with Crippen molar-refractivity contribution in [1.82, 2.24) is 9.80 Å². The lowest BCUT2D eigenvalue weighted by Gasteiger charge is -2.31. The van der Waals surface area contributed by atoms with Crippen LogP contribution in [-0.4, -0.2) is 68.2 Å². The summed E-state index contributed by atoms with van der Waals surface area (Å²) in [6.45, 7) is 6.08. The average Bonchev–Trinajstić information content (AvgIpc) is 3.12. The molecule has 6 heteroatoms. The molecule has 1 atom stereocenters. The largest absolute Gasteiger partial charge is 0.383 e. The summed E-state index contributed by atoms with van der Waals surface area (Å²) in [6.07, 6.45) is 6.38. The molecule has 26 heavy (non-hydrogen) atoms. The SMILES string of the molecule is COCCN1CCCC1CN=C(Nc1ccccc1)N1CCCCC1.I. The Kier molecular flexibility index (Phi) is 9.71. The molecular formula is C20H33IN4O. The lowest BCUT2D eigenvalue weighted by molar-refractivity contribution is 0.142. The fourth-order valence-electron chi connectivity index (χ4n) is 3.77. The van der Waals surface area contributed by atoms with E-state index < -0.39 is 0 Å². The van der Waals surface area contributed by atoms with E-state index in [4.69, 9.17) is 9.73 Å². The van der Waals surface area contributed by atoms with Crippen LogP contribution in [0.15, 0.2) is 35.3 Å². The van der Waals surface area contributed by atoms with Gasteiger partial charge in [-0.1, -0.05) is 18.2 Å². The van der Waals surface area contributed by atoms with E-state index in [-0.39, 0.29) is 24.0 Å². The van der Waals surface area contributed by atoms with Gasteiger partial charge in [-0.15, -0.1) is 24.0 Å². The van der Waals surface area contributed by atoms with Gasteiger partial charge in [-0.05, 0) is 50.8 Å². The summed E-state index contributed by atoms with van der Waals surface area (Å²) in [4.78, 5) is 9.98. The molecule has 1 N–H and O–H groups in total. The molecule has 5 nitrogen and oxygen atoms in total. The summed E-state index contributed by atoms with van der Waals surface area (Å²) < 4.78 is 5.25. The summed E-state index contributed by atoms with van der Waals surface area (Å²) in [5, 5.41) is 3.56. The number of likely N-dealkylation sites (tertiary alicyclic amines) is 2. The van der Waals surface area contributed by atoms with Crippen molar-refractivity contribution < 1.29 is 4.74 Å². The first kappa shape index (κ1) is 21.4. The number of hydrogen-bond donors (Lipinski definition) is 1. The van der Waals surface area contributed by atoms with Gasteiger partial charge in [0.2, 0.25) is 0 Å². The molecule has 1 aromatic carbocycles. The fraction of sp³-hybridized carbons (Fsp3) is 0.650. The van der Waals surface area contributed by atoms with Gasteiger partial charge in [0.25, 0.3) is 0 Å². The molecule has 3 rings (SSSR count). The van der Waals surface area contributed by atoms with Crippen LogP contribution in [-0.2, 0) is 4.74 Å². The zero-order chi connectivity index (χ0) is 17.3. The standard InChI is InChI=1S/C20H32N4O.HI/c1-25-16-15-23-14-8-11-19(23)17-21-20(24-12-6-3-7-13-24)22-18-9-4-2-5-10-18;/h2,4-5,9-10,19H,3,6-8,11-17H2,1H3,(H,21,22);1H. The van der Waals surface area contributed by atoms with Crippen LogP contribution in [0.3, 0.4) is 0 Å². The topological polar surface area (TPSA) is 40.1 Å². The molecule has 0 radical (unpaired) electrons. The van der Waals surface area contributed by atoms with Crippen molar-refractivity contribution in [3.8, 4) is 0 Å². The second-order valence-corrected chi connectivity index (χ2v) is 7.03. The normalized spacial score (nSPS) is 21.5. The third-order valence-corrected chi connectivity index (χ3v) is 5.22. The number of halogens is 1. The van der Waals surface area contributed by atoms with Gasteiger partial charge in [0.1, 0.15) is 0 Å². The van der Waals surface area contributed by atoms with E-state index in [1.54, 1.807) is 7.11 Å². The van der Waals surface area contributed by atoms with Crippen LogP contribution in [0.2, 0.25) is 0 Å². The molecule has 146 valence electrons. The predicted octanol–water partition coefficient (Wildman–Crippen LogP) is 3.67. The number of methoxy groups -OCH3 is 1. The van der Waals surface area contributed by atoms with E-state index >= 15 is 0 Å². The van der Waals surface area contributed by atoms with Gasteiger partial charge in [0, 0.05) is 38.5 Å². The first-order valence-corrected chi connectivity index (χ1v) is 9.71. The Morgan fingerprint density at radius 1 is 1.12 bits per heavy atom. The molecular weight excluding hydrogens is 439 g/mol. The smallest absolute Gasteiger partial charge is 0.198 e. The minimum absolute atomic E-state index is 0. The lowest BCUT2D eigenvalue weighted by atomic mass is 10.1. The Bertz CT molecular complexity index is 534. The zero-order valence-corrected chi connectivity index (χ0v) is 18.2. The van der Waals surface area contributed by atoms with Crippen molar-refractivity contribution in [2.45, 2.75) is 38.1 Å². The first-order valence-electron chi connectivity index (χ1n) is 9.71. The Hall–Kier alpha value is -0.860. The van der Waals surface area contributed by atoms with E-state index in [0.29, 0.717) is 6.04 Å². The maximum Gasteiger partial charge on any atom is 0.198 e. The third-order valence-electron chi connectivity index (χ3n) is 5.22. The minimum atomic E-state index is 0. The van der Waals surface area contributed by atoms with Crippen LogP contribution < -0.4 is 5.32 Å². The summed E-state index contributed by atoms with van der Waals surface area (Å²) in [5.41, 5.74) is 1.12. The first-order chi connectivity index (χ1) is 12.4. The summed E-state index contributed by atoms with van der Waals surface area (Å²) >= 11 is 0. The molecule has 0 aliphatic carbocycles. The summed E-state index contributed by atoms with van der Waals surface area (Å²) in [5.74, 6) is 1.05.